The zero-order valence-corrected chi connectivity index (χ0v) is 9.15. The average Bonchev–Trinajstić information content (AvgIpc) is 2.26. The highest BCUT2D eigenvalue weighted by atomic mass is 19.1. The summed E-state index contributed by atoms with van der Waals surface area (Å²) in [4.78, 5) is 10.8. The molecule has 92 valence electrons. The number of benzene rings is 2. The molecule has 0 aliphatic rings. The molecular weight excluding hydrogens is 240 g/mol. The number of carboxylic acids is 1. The van der Waals surface area contributed by atoms with Gasteiger partial charge in [0.25, 0.3) is 0 Å². The van der Waals surface area contributed by atoms with Gasteiger partial charge in [-0.15, -0.1) is 0 Å². The van der Waals surface area contributed by atoms with Gasteiger partial charge in [-0.1, -0.05) is 6.07 Å². The third-order valence-electron chi connectivity index (χ3n) is 2.48. The Bertz CT molecular complexity index is 606. The second kappa shape index (κ2) is 4.44. The maximum absolute atomic E-state index is 13.1. The second-order valence-corrected chi connectivity index (χ2v) is 3.77. The van der Waals surface area contributed by atoms with Crippen molar-refractivity contribution in [1.29, 1.82) is 0 Å². The quantitative estimate of drug-likeness (QED) is 0.804. The summed E-state index contributed by atoms with van der Waals surface area (Å²) in [6.45, 7) is 0. The van der Waals surface area contributed by atoms with E-state index >= 15 is 0 Å². The predicted molar refractivity (Wildman–Crippen MR) is 63.2 cm³/mol. The van der Waals surface area contributed by atoms with Crippen molar-refractivity contribution >= 4 is 11.7 Å². The molecule has 0 radical (unpaired) electrons. The molecule has 0 atom stereocenters. The number of nitrogens with two attached hydrogens (primary N) is 1. The van der Waals surface area contributed by atoms with Crippen molar-refractivity contribution in [2.45, 2.75) is 0 Å². The SMILES string of the molecule is Nc1cc(-c2cc(F)cc(F)c2)ccc1C(=O)O. The minimum atomic E-state index is -1.15. The van der Waals surface area contributed by atoms with E-state index in [0.717, 1.165) is 18.2 Å². The summed E-state index contributed by atoms with van der Waals surface area (Å²) < 4.78 is 26.1. The Balaban J connectivity index is 2.52. The number of halogens is 2. The zero-order chi connectivity index (χ0) is 13.3. The number of hydrogen-bond acceptors (Lipinski definition) is 2. The van der Waals surface area contributed by atoms with Crippen LogP contribution in [0.25, 0.3) is 11.1 Å². The Hall–Kier alpha value is -2.43. The minimum absolute atomic E-state index is 0.0457. The van der Waals surface area contributed by atoms with Gasteiger partial charge in [-0.2, -0.15) is 0 Å². The molecule has 0 aliphatic carbocycles. The fourth-order valence-electron chi connectivity index (χ4n) is 1.66. The summed E-state index contributed by atoms with van der Waals surface area (Å²) in [7, 11) is 0. The lowest BCUT2D eigenvalue weighted by Crippen LogP contribution is -2.02. The lowest BCUT2D eigenvalue weighted by atomic mass is 10.0. The van der Waals surface area contributed by atoms with Crippen molar-refractivity contribution in [1.82, 2.24) is 0 Å². The summed E-state index contributed by atoms with van der Waals surface area (Å²) in [5, 5.41) is 8.82. The Morgan fingerprint density at radius 2 is 1.61 bits per heavy atom. The molecule has 0 spiro atoms. The first-order chi connectivity index (χ1) is 8.47. The second-order valence-electron chi connectivity index (χ2n) is 3.77. The number of rotatable bonds is 2. The van der Waals surface area contributed by atoms with Crippen LogP contribution >= 0.6 is 0 Å². The molecule has 2 rings (SSSR count). The number of anilines is 1. The molecule has 2 aromatic carbocycles. The smallest absolute Gasteiger partial charge is 0.337 e. The van der Waals surface area contributed by atoms with Gasteiger partial charge in [-0.25, -0.2) is 13.6 Å². The Morgan fingerprint density at radius 1 is 1.00 bits per heavy atom. The number of hydrogen-bond donors (Lipinski definition) is 2. The Labute approximate surface area is 101 Å². The highest BCUT2D eigenvalue weighted by molar-refractivity contribution is 5.94. The van der Waals surface area contributed by atoms with Gasteiger partial charge < -0.3 is 10.8 Å². The van der Waals surface area contributed by atoms with E-state index in [2.05, 4.69) is 0 Å². The number of aromatic carboxylic acids is 1. The lowest BCUT2D eigenvalue weighted by Gasteiger charge is -2.06. The van der Waals surface area contributed by atoms with Crippen LogP contribution in [0, 0.1) is 11.6 Å². The summed E-state index contributed by atoms with van der Waals surface area (Å²) in [5.74, 6) is -2.55. The number of nitrogen functional groups attached to an aromatic ring is 1. The molecule has 5 heteroatoms. The highest BCUT2D eigenvalue weighted by Gasteiger charge is 2.10. The van der Waals surface area contributed by atoms with Crippen LogP contribution in [0.1, 0.15) is 10.4 Å². The fourth-order valence-corrected chi connectivity index (χ4v) is 1.66. The van der Waals surface area contributed by atoms with Crippen molar-refractivity contribution < 1.29 is 18.7 Å². The van der Waals surface area contributed by atoms with E-state index in [-0.39, 0.29) is 11.3 Å². The Morgan fingerprint density at radius 3 is 2.11 bits per heavy atom. The predicted octanol–water partition coefficient (Wildman–Crippen LogP) is 2.91. The topological polar surface area (TPSA) is 63.3 Å². The normalized spacial score (nSPS) is 10.3. The highest BCUT2D eigenvalue weighted by Crippen LogP contribution is 2.25. The van der Waals surface area contributed by atoms with Gasteiger partial charge in [0.05, 0.1) is 5.56 Å². The lowest BCUT2D eigenvalue weighted by molar-refractivity contribution is 0.0698. The van der Waals surface area contributed by atoms with E-state index in [9.17, 15) is 13.6 Å². The fraction of sp³-hybridized carbons (Fsp3) is 0. The van der Waals surface area contributed by atoms with Crippen LogP contribution in [-0.4, -0.2) is 11.1 Å². The molecule has 0 amide bonds. The first-order valence-corrected chi connectivity index (χ1v) is 5.06. The van der Waals surface area contributed by atoms with E-state index in [4.69, 9.17) is 10.8 Å². The molecule has 0 aliphatic heterocycles. The summed E-state index contributed by atoms with van der Waals surface area (Å²) >= 11 is 0. The van der Waals surface area contributed by atoms with Crippen LogP contribution in [-0.2, 0) is 0 Å². The van der Waals surface area contributed by atoms with Gasteiger partial charge in [0.15, 0.2) is 0 Å². The molecular formula is C13H9F2NO2. The van der Waals surface area contributed by atoms with Gasteiger partial charge in [-0.05, 0) is 35.4 Å². The molecule has 0 unspecified atom stereocenters. The first kappa shape index (κ1) is 12.0. The van der Waals surface area contributed by atoms with E-state index in [1.165, 1.54) is 18.2 Å². The van der Waals surface area contributed by atoms with Gasteiger partial charge in [0, 0.05) is 11.8 Å². The van der Waals surface area contributed by atoms with Gasteiger partial charge in [0.1, 0.15) is 11.6 Å². The van der Waals surface area contributed by atoms with Crippen molar-refractivity contribution in [2.75, 3.05) is 5.73 Å². The van der Waals surface area contributed by atoms with E-state index in [0.29, 0.717) is 11.1 Å². The van der Waals surface area contributed by atoms with Crippen molar-refractivity contribution in [3.05, 3.63) is 53.6 Å². The van der Waals surface area contributed by atoms with E-state index in [1.807, 2.05) is 0 Å². The van der Waals surface area contributed by atoms with Crippen LogP contribution < -0.4 is 5.73 Å². The van der Waals surface area contributed by atoms with Crippen molar-refractivity contribution in [3.8, 4) is 11.1 Å². The van der Waals surface area contributed by atoms with E-state index < -0.39 is 17.6 Å². The molecule has 3 nitrogen and oxygen atoms in total. The molecule has 18 heavy (non-hydrogen) atoms. The maximum Gasteiger partial charge on any atom is 0.337 e. The third kappa shape index (κ3) is 2.29. The van der Waals surface area contributed by atoms with Gasteiger partial charge in [0.2, 0.25) is 0 Å². The van der Waals surface area contributed by atoms with Crippen LogP contribution in [0.2, 0.25) is 0 Å². The molecule has 0 saturated carbocycles. The summed E-state index contributed by atoms with van der Waals surface area (Å²) in [5.41, 5.74) is 6.32. The van der Waals surface area contributed by atoms with Crippen LogP contribution in [0.15, 0.2) is 36.4 Å². The number of carboxylic acid groups (broad SMARTS) is 1. The molecule has 3 N–H and O–H groups in total. The molecule has 0 saturated heterocycles. The average molecular weight is 249 g/mol. The van der Waals surface area contributed by atoms with Crippen LogP contribution in [0.5, 0.6) is 0 Å². The first-order valence-electron chi connectivity index (χ1n) is 5.06. The molecule has 0 bridgehead atoms. The standard InChI is InChI=1S/C13H9F2NO2/c14-9-3-8(4-10(15)6-9)7-1-2-11(13(17)18)12(16)5-7/h1-6H,16H2,(H,17,18). The number of carbonyl (C=O) groups is 1. The summed E-state index contributed by atoms with van der Waals surface area (Å²) in [6.07, 6.45) is 0. The third-order valence-corrected chi connectivity index (χ3v) is 2.48. The van der Waals surface area contributed by atoms with Crippen molar-refractivity contribution in [3.63, 3.8) is 0 Å². The largest absolute Gasteiger partial charge is 0.478 e. The van der Waals surface area contributed by atoms with Crippen molar-refractivity contribution in [2.24, 2.45) is 0 Å². The zero-order valence-electron chi connectivity index (χ0n) is 9.15. The van der Waals surface area contributed by atoms with E-state index in [1.54, 1.807) is 0 Å². The molecule has 2 aromatic rings. The maximum atomic E-state index is 13.1. The molecule has 0 fully saturated rings. The Kier molecular flexibility index (Phi) is 2.97. The molecule has 0 heterocycles. The van der Waals surface area contributed by atoms with Crippen LogP contribution in [0.3, 0.4) is 0 Å². The molecule has 0 aromatic heterocycles. The monoisotopic (exact) mass is 249 g/mol. The minimum Gasteiger partial charge on any atom is -0.478 e. The van der Waals surface area contributed by atoms with Crippen LogP contribution in [0.4, 0.5) is 14.5 Å². The summed E-state index contributed by atoms with van der Waals surface area (Å²) in [6, 6.07) is 7.19. The van der Waals surface area contributed by atoms with Gasteiger partial charge >= 0.3 is 5.97 Å². The van der Waals surface area contributed by atoms with Gasteiger partial charge in [-0.3, -0.25) is 0 Å².